The van der Waals surface area contributed by atoms with Crippen LogP contribution in [0.15, 0.2) is 58.4 Å². The third kappa shape index (κ3) is 7.51. The Kier molecular flexibility index (Phi) is 10.7. The van der Waals surface area contributed by atoms with Gasteiger partial charge >= 0.3 is 0 Å². The molecule has 166 valence electrons. The number of aliphatic imine (C=N–C) groups is 1. The van der Waals surface area contributed by atoms with Crippen molar-refractivity contribution in [3.8, 4) is 0 Å². The van der Waals surface area contributed by atoms with Crippen molar-refractivity contribution in [3.63, 3.8) is 0 Å². The van der Waals surface area contributed by atoms with Crippen LogP contribution in [0.2, 0.25) is 0 Å². The van der Waals surface area contributed by atoms with E-state index < -0.39 is 10.0 Å². The van der Waals surface area contributed by atoms with Gasteiger partial charge in [0.2, 0.25) is 10.0 Å². The molecule has 2 aromatic rings. The van der Waals surface area contributed by atoms with Gasteiger partial charge in [-0.25, -0.2) is 17.8 Å². The number of nitrogens with zero attached hydrogens (tertiary/aromatic N) is 2. The molecule has 0 aliphatic heterocycles. The van der Waals surface area contributed by atoms with Gasteiger partial charge in [-0.15, -0.1) is 24.0 Å². The lowest BCUT2D eigenvalue weighted by atomic mass is 10.2. The van der Waals surface area contributed by atoms with E-state index in [1.54, 1.807) is 43.4 Å². The minimum absolute atomic E-state index is 0. The van der Waals surface area contributed by atoms with Gasteiger partial charge in [-0.1, -0.05) is 24.3 Å². The Bertz CT molecular complexity index is 917. The largest absolute Gasteiger partial charge is 0.357 e. The van der Waals surface area contributed by atoms with Crippen molar-refractivity contribution in [1.29, 1.82) is 0 Å². The molecule has 0 saturated heterocycles. The number of sulfonamides is 1. The van der Waals surface area contributed by atoms with Crippen LogP contribution < -0.4 is 10.6 Å². The monoisotopic (exact) mass is 548 g/mol. The molecule has 0 bridgehead atoms. The van der Waals surface area contributed by atoms with E-state index in [-0.39, 0.29) is 40.7 Å². The summed E-state index contributed by atoms with van der Waals surface area (Å²) in [5, 5.41) is 6.36. The molecule has 0 spiro atoms. The Morgan fingerprint density at radius 1 is 1.03 bits per heavy atom. The second-order valence-corrected chi connectivity index (χ2v) is 8.93. The predicted octanol–water partition coefficient (Wildman–Crippen LogP) is 3.73. The van der Waals surface area contributed by atoms with Gasteiger partial charge in [-0.2, -0.15) is 4.31 Å². The summed E-state index contributed by atoms with van der Waals surface area (Å²) in [6.07, 6.45) is 0. The predicted molar refractivity (Wildman–Crippen MR) is 130 cm³/mol. The van der Waals surface area contributed by atoms with E-state index in [1.165, 1.54) is 16.4 Å². The minimum Gasteiger partial charge on any atom is -0.357 e. The standard InChI is InChI=1S/C21H29FN4O2S.HI/c1-5-23-21(24-14-17-6-10-19(22)11-7-17)25-15-18-8-12-20(13-9-18)29(27,28)26(4)16(2)3;/h6-13,16H,5,14-15H2,1-4H3,(H2,23,24,25);1H. The summed E-state index contributed by atoms with van der Waals surface area (Å²) in [5.74, 6) is 0.368. The zero-order valence-corrected chi connectivity index (χ0v) is 20.9. The maximum Gasteiger partial charge on any atom is 0.243 e. The molecule has 0 unspecified atom stereocenters. The lowest BCUT2D eigenvalue weighted by molar-refractivity contribution is 0.410. The Balaban J connectivity index is 0.00000450. The summed E-state index contributed by atoms with van der Waals surface area (Å²) >= 11 is 0. The summed E-state index contributed by atoms with van der Waals surface area (Å²) in [6.45, 7) is 7.27. The molecule has 2 N–H and O–H groups in total. The molecule has 30 heavy (non-hydrogen) atoms. The van der Waals surface area contributed by atoms with Crippen molar-refractivity contribution in [1.82, 2.24) is 14.9 Å². The average Bonchev–Trinajstić information content (AvgIpc) is 2.71. The topological polar surface area (TPSA) is 73.8 Å². The van der Waals surface area contributed by atoms with Crippen LogP contribution in [-0.2, 0) is 23.1 Å². The van der Waals surface area contributed by atoms with Gasteiger partial charge in [0.25, 0.3) is 0 Å². The summed E-state index contributed by atoms with van der Waals surface area (Å²) < 4.78 is 39.4. The third-order valence-corrected chi connectivity index (χ3v) is 6.51. The quantitative estimate of drug-likeness (QED) is 0.300. The molecule has 0 radical (unpaired) electrons. The van der Waals surface area contributed by atoms with Gasteiger partial charge < -0.3 is 10.6 Å². The Morgan fingerprint density at radius 2 is 1.60 bits per heavy atom. The molecule has 2 aromatic carbocycles. The van der Waals surface area contributed by atoms with Crippen LogP contribution in [0.3, 0.4) is 0 Å². The van der Waals surface area contributed by atoms with Gasteiger partial charge in [-0.3, -0.25) is 0 Å². The summed E-state index contributed by atoms with van der Waals surface area (Å²) in [6, 6.07) is 12.9. The maximum absolute atomic E-state index is 13.0. The van der Waals surface area contributed by atoms with Gasteiger partial charge in [-0.05, 0) is 56.2 Å². The van der Waals surface area contributed by atoms with E-state index in [9.17, 15) is 12.8 Å². The van der Waals surface area contributed by atoms with Crippen molar-refractivity contribution in [2.45, 2.75) is 44.8 Å². The van der Waals surface area contributed by atoms with Gasteiger partial charge in [0.1, 0.15) is 5.82 Å². The van der Waals surface area contributed by atoms with Crippen molar-refractivity contribution in [3.05, 3.63) is 65.5 Å². The van der Waals surface area contributed by atoms with Crippen LogP contribution >= 0.6 is 24.0 Å². The van der Waals surface area contributed by atoms with Crippen LogP contribution in [0, 0.1) is 5.82 Å². The lowest BCUT2D eigenvalue weighted by Crippen LogP contribution is -2.36. The number of halogens is 2. The van der Waals surface area contributed by atoms with Gasteiger partial charge in [0, 0.05) is 26.2 Å². The van der Waals surface area contributed by atoms with Crippen LogP contribution in [0.1, 0.15) is 31.9 Å². The fourth-order valence-electron chi connectivity index (χ4n) is 2.51. The first-order valence-electron chi connectivity index (χ1n) is 9.57. The second kappa shape index (κ2) is 12.2. The number of nitrogens with one attached hydrogen (secondary N) is 2. The molecule has 0 fully saturated rings. The SMILES string of the molecule is CCNC(=NCc1ccc(S(=O)(=O)N(C)C(C)C)cc1)NCc1ccc(F)cc1.I. The highest BCUT2D eigenvalue weighted by molar-refractivity contribution is 14.0. The molecule has 0 amide bonds. The van der Waals surface area contributed by atoms with Gasteiger partial charge in [0.15, 0.2) is 5.96 Å². The number of hydrogen-bond donors (Lipinski definition) is 2. The molecule has 6 nitrogen and oxygen atoms in total. The molecule has 2 rings (SSSR count). The van der Waals surface area contributed by atoms with Crippen molar-refractivity contribution in [2.75, 3.05) is 13.6 Å². The first kappa shape index (κ1) is 26.3. The van der Waals surface area contributed by atoms with E-state index in [0.29, 0.717) is 25.6 Å². The minimum atomic E-state index is -3.49. The van der Waals surface area contributed by atoms with E-state index >= 15 is 0 Å². The van der Waals surface area contributed by atoms with E-state index in [0.717, 1.165) is 11.1 Å². The van der Waals surface area contributed by atoms with Crippen LogP contribution in [0.25, 0.3) is 0 Å². The molecule has 0 heterocycles. The first-order valence-corrected chi connectivity index (χ1v) is 11.0. The molecule has 9 heteroatoms. The maximum atomic E-state index is 13.0. The molecular formula is C21H30FIN4O2S. The fraction of sp³-hybridized carbons (Fsp3) is 0.381. The molecule has 0 atom stereocenters. The molecule has 0 aliphatic carbocycles. The highest BCUT2D eigenvalue weighted by atomic mass is 127. The number of benzene rings is 2. The smallest absolute Gasteiger partial charge is 0.243 e. The zero-order chi connectivity index (χ0) is 21.4. The molecule has 0 aromatic heterocycles. The van der Waals surface area contributed by atoms with E-state index in [1.807, 2.05) is 20.8 Å². The normalized spacial score (nSPS) is 12.0. The molecular weight excluding hydrogens is 518 g/mol. The van der Waals surface area contributed by atoms with Crippen molar-refractivity contribution < 1.29 is 12.8 Å². The van der Waals surface area contributed by atoms with Crippen molar-refractivity contribution in [2.24, 2.45) is 4.99 Å². The number of guanidine groups is 1. The summed E-state index contributed by atoms with van der Waals surface area (Å²) in [7, 11) is -1.91. The third-order valence-electron chi connectivity index (χ3n) is 4.46. The lowest BCUT2D eigenvalue weighted by Gasteiger charge is -2.21. The summed E-state index contributed by atoms with van der Waals surface area (Å²) in [5.41, 5.74) is 1.84. The molecule has 0 saturated carbocycles. The fourth-order valence-corrected chi connectivity index (χ4v) is 3.88. The highest BCUT2D eigenvalue weighted by Gasteiger charge is 2.22. The van der Waals surface area contributed by atoms with E-state index in [2.05, 4.69) is 15.6 Å². The first-order chi connectivity index (χ1) is 13.7. The Labute approximate surface area is 196 Å². The summed E-state index contributed by atoms with van der Waals surface area (Å²) in [4.78, 5) is 4.80. The van der Waals surface area contributed by atoms with Crippen LogP contribution in [-0.4, -0.2) is 38.3 Å². The number of hydrogen-bond acceptors (Lipinski definition) is 3. The van der Waals surface area contributed by atoms with E-state index in [4.69, 9.17) is 0 Å². The highest BCUT2D eigenvalue weighted by Crippen LogP contribution is 2.17. The van der Waals surface area contributed by atoms with Crippen LogP contribution in [0.5, 0.6) is 0 Å². The average molecular weight is 548 g/mol. The molecule has 0 aliphatic rings. The van der Waals surface area contributed by atoms with Gasteiger partial charge in [0.05, 0.1) is 11.4 Å². The second-order valence-electron chi connectivity index (χ2n) is 6.93. The Hall–Kier alpha value is -1.72. The van der Waals surface area contributed by atoms with Crippen molar-refractivity contribution >= 4 is 40.0 Å². The van der Waals surface area contributed by atoms with Crippen LogP contribution in [0.4, 0.5) is 4.39 Å². The number of rotatable bonds is 8. The zero-order valence-electron chi connectivity index (χ0n) is 17.7. The Morgan fingerprint density at radius 3 is 2.13 bits per heavy atom.